The van der Waals surface area contributed by atoms with Crippen LogP contribution in [0.1, 0.15) is 31.0 Å². The molecule has 0 N–H and O–H groups in total. The Bertz CT molecular complexity index is 1170. The molecule has 0 saturated carbocycles. The SMILES string of the molecule is FC(F)(F)c1cc(N2CC3(CCN(c4cnc5cnn(C6CCOCC6)c5n4)C3)C2)ccn1. The third-order valence-electron chi connectivity index (χ3n) is 7.04. The molecule has 1 spiro atoms. The smallest absolute Gasteiger partial charge is 0.381 e. The first kappa shape index (κ1) is 20.6. The van der Waals surface area contributed by atoms with Crippen molar-refractivity contribution in [3.8, 4) is 0 Å². The monoisotopic (exact) mass is 459 g/mol. The summed E-state index contributed by atoms with van der Waals surface area (Å²) in [4.78, 5) is 17.2. The maximum absolute atomic E-state index is 13.0. The molecule has 0 aliphatic carbocycles. The highest BCUT2D eigenvalue weighted by Crippen LogP contribution is 2.43. The van der Waals surface area contributed by atoms with Crippen LogP contribution in [0.5, 0.6) is 0 Å². The Balaban J connectivity index is 1.17. The molecule has 0 amide bonds. The average Bonchev–Trinajstić information content (AvgIpc) is 3.43. The lowest BCUT2D eigenvalue weighted by molar-refractivity contribution is -0.141. The number of rotatable bonds is 3. The third-order valence-corrected chi connectivity index (χ3v) is 7.04. The van der Waals surface area contributed by atoms with Crippen LogP contribution >= 0.6 is 0 Å². The van der Waals surface area contributed by atoms with E-state index in [1.165, 1.54) is 6.20 Å². The van der Waals surface area contributed by atoms with Gasteiger partial charge in [0.15, 0.2) is 5.65 Å². The standard InChI is InChI=1S/C22H24F3N7O/c23-22(24,25)18-9-16(1-5-26-18)31-13-21(14-31)4-6-30(12-21)19-11-27-17-10-28-32(20(17)29-19)15-2-7-33-8-3-15/h1,5,9-11,15H,2-4,6-8,12-14H2. The Labute approximate surface area is 188 Å². The van der Waals surface area contributed by atoms with Gasteiger partial charge in [-0.1, -0.05) is 0 Å². The van der Waals surface area contributed by atoms with Gasteiger partial charge in [-0.3, -0.25) is 4.98 Å². The number of alkyl halides is 3. The molecule has 0 aromatic carbocycles. The predicted octanol–water partition coefficient (Wildman–Crippen LogP) is 3.31. The van der Waals surface area contributed by atoms with Crippen LogP contribution in [0.2, 0.25) is 0 Å². The molecule has 11 heteroatoms. The van der Waals surface area contributed by atoms with Gasteiger partial charge in [-0.2, -0.15) is 18.3 Å². The molecule has 0 atom stereocenters. The second kappa shape index (κ2) is 7.54. The van der Waals surface area contributed by atoms with Crippen molar-refractivity contribution in [3.05, 3.63) is 36.4 Å². The summed E-state index contributed by atoms with van der Waals surface area (Å²) in [5, 5.41) is 4.54. The van der Waals surface area contributed by atoms with E-state index in [4.69, 9.17) is 9.72 Å². The van der Waals surface area contributed by atoms with E-state index >= 15 is 0 Å². The topological polar surface area (TPSA) is 72.2 Å². The van der Waals surface area contributed by atoms with Crippen molar-refractivity contribution >= 4 is 22.7 Å². The first-order valence-corrected chi connectivity index (χ1v) is 11.2. The van der Waals surface area contributed by atoms with Gasteiger partial charge >= 0.3 is 6.18 Å². The fourth-order valence-corrected chi connectivity index (χ4v) is 5.27. The van der Waals surface area contributed by atoms with E-state index in [1.807, 2.05) is 9.58 Å². The second-order valence-corrected chi connectivity index (χ2v) is 9.29. The molecule has 8 nitrogen and oxygen atoms in total. The second-order valence-electron chi connectivity index (χ2n) is 9.29. The van der Waals surface area contributed by atoms with E-state index in [0.29, 0.717) is 5.69 Å². The van der Waals surface area contributed by atoms with Crippen molar-refractivity contribution in [2.45, 2.75) is 31.5 Å². The summed E-state index contributed by atoms with van der Waals surface area (Å²) in [6, 6.07) is 3.05. The number of hydrogen-bond acceptors (Lipinski definition) is 7. The normalized spacial score (nSPS) is 21.2. The summed E-state index contributed by atoms with van der Waals surface area (Å²) in [6.45, 7) is 4.56. The average molecular weight is 459 g/mol. The predicted molar refractivity (Wildman–Crippen MR) is 115 cm³/mol. The Kier molecular flexibility index (Phi) is 4.72. The van der Waals surface area contributed by atoms with E-state index in [9.17, 15) is 13.2 Å². The third kappa shape index (κ3) is 3.68. The van der Waals surface area contributed by atoms with Gasteiger partial charge in [-0.05, 0) is 31.4 Å². The molecule has 6 heterocycles. The van der Waals surface area contributed by atoms with Crippen LogP contribution in [0.4, 0.5) is 24.7 Å². The van der Waals surface area contributed by atoms with Gasteiger partial charge in [0.2, 0.25) is 0 Å². The van der Waals surface area contributed by atoms with Crippen LogP contribution in [-0.4, -0.2) is 64.1 Å². The summed E-state index contributed by atoms with van der Waals surface area (Å²) < 4.78 is 46.5. The number of fused-ring (bicyclic) bond motifs is 1. The van der Waals surface area contributed by atoms with Crippen LogP contribution in [0.25, 0.3) is 11.2 Å². The maximum atomic E-state index is 13.0. The lowest BCUT2D eigenvalue weighted by Crippen LogP contribution is -2.57. The molecule has 3 aromatic rings. The molecule has 0 radical (unpaired) electrons. The van der Waals surface area contributed by atoms with Crippen molar-refractivity contribution < 1.29 is 17.9 Å². The van der Waals surface area contributed by atoms with E-state index in [-0.39, 0.29) is 11.5 Å². The highest BCUT2D eigenvalue weighted by molar-refractivity contribution is 5.71. The number of pyridine rings is 1. The van der Waals surface area contributed by atoms with Gasteiger partial charge in [0.05, 0.1) is 18.4 Å². The maximum Gasteiger partial charge on any atom is 0.433 e. The molecule has 0 unspecified atom stereocenters. The number of nitrogens with zero attached hydrogens (tertiary/aromatic N) is 7. The summed E-state index contributed by atoms with van der Waals surface area (Å²) in [6.07, 6.45) is 3.16. The van der Waals surface area contributed by atoms with E-state index < -0.39 is 11.9 Å². The molecule has 6 rings (SSSR count). The zero-order valence-electron chi connectivity index (χ0n) is 18.0. The van der Waals surface area contributed by atoms with Crippen LogP contribution in [0, 0.1) is 5.41 Å². The fourth-order valence-electron chi connectivity index (χ4n) is 5.27. The van der Waals surface area contributed by atoms with Crippen molar-refractivity contribution in [3.63, 3.8) is 0 Å². The Morgan fingerprint density at radius 2 is 1.82 bits per heavy atom. The highest BCUT2D eigenvalue weighted by atomic mass is 19.4. The summed E-state index contributed by atoms with van der Waals surface area (Å²) in [7, 11) is 0. The molecule has 3 aliphatic rings. The molecule has 3 fully saturated rings. The first-order valence-electron chi connectivity index (χ1n) is 11.2. The van der Waals surface area contributed by atoms with Crippen molar-refractivity contribution in [1.82, 2.24) is 24.7 Å². The van der Waals surface area contributed by atoms with Gasteiger partial charge in [0.25, 0.3) is 0 Å². The Hall–Kier alpha value is -2.95. The van der Waals surface area contributed by atoms with E-state index in [0.717, 1.165) is 81.7 Å². The highest BCUT2D eigenvalue weighted by Gasteiger charge is 2.48. The molecule has 174 valence electrons. The quantitative estimate of drug-likeness (QED) is 0.595. The lowest BCUT2D eigenvalue weighted by atomic mass is 9.79. The summed E-state index contributed by atoms with van der Waals surface area (Å²) in [5.41, 5.74) is 1.36. The van der Waals surface area contributed by atoms with Crippen LogP contribution in [0.3, 0.4) is 0 Å². The van der Waals surface area contributed by atoms with Gasteiger partial charge < -0.3 is 14.5 Å². The van der Waals surface area contributed by atoms with Crippen molar-refractivity contribution in [2.75, 3.05) is 49.2 Å². The van der Waals surface area contributed by atoms with Gasteiger partial charge in [0.1, 0.15) is 17.0 Å². The first-order chi connectivity index (χ1) is 15.9. The zero-order chi connectivity index (χ0) is 22.6. The lowest BCUT2D eigenvalue weighted by Gasteiger charge is -2.49. The van der Waals surface area contributed by atoms with Crippen molar-refractivity contribution in [1.29, 1.82) is 0 Å². The van der Waals surface area contributed by atoms with Gasteiger partial charge in [0, 0.05) is 56.7 Å². The minimum Gasteiger partial charge on any atom is -0.381 e. The zero-order valence-corrected chi connectivity index (χ0v) is 18.0. The molecule has 0 bridgehead atoms. The largest absolute Gasteiger partial charge is 0.433 e. The number of aromatic nitrogens is 5. The molecular weight excluding hydrogens is 435 g/mol. The molecule has 3 saturated heterocycles. The van der Waals surface area contributed by atoms with E-state index in [1.54, 1.807) is 18.5 Å². The molecule has 3 aliphatic heterocycles. The number of anilines is 2. The number of ether oxygens (including phenoxy) is 1. The van der Waals surface area contributed by atoms with Crippen LogP contribution in [0.15, 0.2) is 30.7 Å². The minimum atomic E-state index is -4.43. The summed E-state index contributed by atoms with van der Waals surface area (Å²) >= 11 is 0. The number of hydrogen-bond donors (Lipinski definition) is 0. The number of halogens is 3. The van der Waals surface area contributed by atoms with Crippen LogP contribution in [-0.2, 0) is 10.9 Å². The molecule has 33 heavy (non-hydrogen) atoms. The van der Waals surface area contributed by atoms with Gasteiger partial charge in [-0.15, -0.1) is 0 Å². The Morgan fingerprint density at radius 1 is 1.03 bits per heavy atom. The van der Waals surface area contributed by atoms with Crippen LogP contribution < -0.4 is 9.80 Å². The fraction of sp³-hybridized carbons (Fsp3) is 0.545. The van der Waals surface area contributed by atoms with E-state index in [2.05, 4.69) is 20.0 Å². The van der Waals surface area contributed by atoms with Crippen molar-refractivity contribution in [2.24, 2.45) is 5.41 Å². The minimum absolute atomic E-state index is 0.0548. The molecular formula is C22H24F3N7O. The van der Waals surface area contributed by atoms with Gasteiger partial charge in [-0.25, -0.2) is 14.6 Å². The summed E-state index contributed by atoms with van der Waals surface area (Å²) in [5.74, 6) is 0.829. The Morgan fingerprint density at radius 3 is 2.61 bits per heavy atom. The molecule has 3 aromatic heterocycles.